The van der Waals surface area contributed by atoms with E-state index in [1.807, 2.05) is 0 Å². The van der Waals surface area contributed by atoms with E-state index in [0.29, 0.717) is 52.2 Å². The number of ether oxygens (including phenoxy) is 3. The summed E-state index contributed by atoms with van der Waals surface area (Å²) in [4.78, 5) is 40.9. The van der Waals surface area contributed by atoms with E-state index in [9.17, 15) is 19.7 Å². The van der Waals surface area contributed by atoms with Crippen LogP contribution in [0.2, 0.25) is 0 Å². The lowest BCUT2D eigenvalue weighted by Gasteiger charge is -2.25. The average Bonchev–Trinajstić information content (AvgIpc) is 3.29. The van der Waals surface area contributed by atoms with Crippen LogP contribution in [-0.2, 0) is 9.59 Å². The van der Waals surface area contributed by atoms with Crippen LogP contribution in [0.15, 0.2) is 48.7 Å². The van der Waals surface area contributed by atoms with Crippen molar-refractivity contribution >= 4 is 28.4 Å². The number of rotatable bonds is 8. The van der Waals surface area contributed by atoms with Crippen LogP contribution in [0.1, 0.15) is 29.9 Å². The Balaban J connectivity index is 1.87. The van der Waals surface area contributed by atoms with Crippen LogP contribution in [0.25, 0.3) is 10.9 Å². The molecule has 0 saturated carbocycles. The summed E-state index contributed by atoms with van der Waals surface area (Å²) in [6, 6.07) is 8.01. The van der Waals surface area contributed by atoms with Gasteiger partial charge in [-0.1, -0.05) is 6.08 Å². The number of methoxy groups -OCH3 is 3. The van der Waals surface area contributed by atoms with E-state index in [2.05, 4.69) is 4.98 Å². The molecule has 1 aromatic heterocycles. The third-order valence-electron chi connectivity index (χ3n) is 6.10. The van der Waals surface area contributed by atoms with Gasteiger partial charge in [-0.15, -0.1) is 0 Å². The molecule has 0 bridgehead atoms. The Kier molecular flexibility index (Phi) is 6.72. The molecule has 10 nitrogen and oxygen atoms in total. The molecule has 0 fully saturated rings. The highest BCUT2D eigenvalue weighted by Crippen LogP contribution is 2.43. The fraction of sp³-hybridized carbons (Fsp3) is 0.280. The summed E-state index contributed by atoms with van der Waals surface area (Å²) >= 11 is 0. The van der Waals surface area contributed by atoms with E-state index in [-0.39, 0.29) is 23.9 Å². The number of aromatic amines is 1. The Morgan fingerprint density at radius 2 is 1.86 bits per heavy atom. The van der Waals surface area contributed by atoms with Gasteiger partial charge in [0, 0.05) is 48.1 Å². The third kappa shape index (κ3) is 4.54. The van der Waals surface area contributed by atoms with E-state index in [0.717, 1.165) is 0 Å². The molecule has 0 radical (unpaired) electrons. The Hall–Kier alpha value is -4.34. The highest BCUT2D eigenvalue weighted by molar-refractivity contribution is 6.02. The van der Waals surface area contributed by atoms with Gasteiger partial charge in [0.1, 0.15) is 0 Å². The molecule has 10 heteroatoms. The number of benzene rings is 2. The molecule has 4 rings (SSSR count). The summed E-state index contributed by atoms with van der Waals surface area (Å²) in [7, 11) is 4.49. The number of nitro benzene ring substituents is 1. The van der Waals surface area contributed by atoms with E-state index in [1.165, 1.54) is 44.4 Å². The molecule has 182 valence electrons. The minimum atomic E-state index is -0.564. The standard InChI is InChI=1S/C25H25N3O7/c1-33-21-10-15(11-22(34-2)25(21)35-3)17(13-24(30)27-9-5-4-6-23(27)29)19-14-26-20-8-7-16(28(31)32)12-18(19)20/h4,6-8,10-12,14,17,26H,5,9,13H2,1-3H3. The monoisotopic (exact) mass is 479 g/mol. The first kappa shape index (κ1) is 23.8. The fourth-order valence-electron chi connectivity index (χ4n) is 4.36. The molecule has 35 heavy (non-hydrogen) atoms. The number of amides is 2. The van der Waals surface area contributed by atoms with Crippen molar-refractivity contribution in [2.45, 2.75) is 18.8 Å². The first-order valence-corrected chi connectivity index (χ1v) is 10.9. The molecule has 2 aromatic carbocycles. The second-order valence-corrected chi connectivity index (χ2v) is 8.02. The summed E-state index contributed by atoms with van der Waals surface area (Å²) in [5.41, 5.74) is 1.96. The SMILES string of the molecule is COc1cc(C(CC(=O)N2CCC=CC2=O)c2c[nH]c3ccc([N+](=O)[O-])cc23)cc(OC)c1OC. The van der Waals surface area contributed by atoms with Crippen molar-refractivity contribution in [3.8, 4) is 17.2 Å². The highest BCUT2D eigenvalue weighted by Gasteiger charge is 2.29. The zero-order valence-electron chi connectivity index (χ0n) is 19.6. The van der Waals surface area contributed by atoms with E-state index in [4.69, 9.17) is 14.2 Å². The number of non-ortho nitro benzene ring substituents is 1. The van der Waals surface area contributed by atoms with Gasteiger partial charge in [0.2, 0.25) is 11.7 Å². The Morgan fingerprint density at radius 1 is 1.14 bits per heavy atom. The van der Waals surface area contributed by atoms with Crippen molar-refractivity contribution in [1.82, 2.24) is 9.88 Å². The smallest absolute Gasteiger partial charge is 0.270 e. The molecule has 3 aromatic rings. The largest absolute Gasteiger partial charge is 0.493 e. The maximum atomic E-state index is 13.3. The van der Waals surface area contributed by atoms with E-state index < -0.39 is 10.8 Å². The number of carbonyl (C=O) groups is 2. The number of nitro groups is 1. The molecule has 1 unspecified atom stereocenters. The van der Waals surface area contributed by atoms with Crippen LogP contribution in [0.5, 0.6) is 17.2 Å². The number of carbonyl (C=O) groups excluding carboxylic acids is 2. The van der Waals surface area contributed by atoms with Crippen LogP contribution in [0, 0.1) is 10.1 Å². The highest BCUT2D eigenvalue weighted by atomic mass is 16.6. The van der Waals surface area contributed by atoms with Gasteiger partial charge >= 0.3 is 0 Å². The molecule has 0 saturated heterocycles. The number of hydrogen-bond acceptors (Lipinski definition) is 7. The summed E-state index contributed by atoms with van der Waals surface area (Å²) in [6.45, 7) is 0.301. The van der Waals surface area contributed by atoms with Gasteiger partial charge in [-0.2, -0.15) is 0 Å². The van der Waals surface area contributed by atoms with Crippen molar-refractivity contribution < 1.29 is 28.7 Å². The quantitative estimate of drug-likeness (QED) is 0.383. The fourth-order valence-corrected chi connectivity index (χ4v) is 4.36. The maximum absolute atomic E-state index is 13.3. The van der Waals surface area contributed by atoms with Crippen molar-refractivity contribution in [3.63, 3.8) is 0 Å². The Bertz CT molecular complexity index is 1300. The van der Waals surface area contributed by atoms with E-state index in [1.54, 1.807) is 30.5 Å². The van der Waals surface area contributed by atoms with Crippen LogP contribution < -0.4 is 14.2 Å². The Morgan fingerprint density at radius 3 is 2.46 bits per heavy atom. The minimum Gasteiger partial charge on any atom is -0.493 e. The van der Waals surface area contributed by atoms with Gasteiger partial charge in [0.05, 0.1) is 26.3 Å². The molecule has 0 aliphatic carbocycles. The molecule has 2 amide bonds. The lowest BCUT2D eigenvalue weighted by Crippen LogP contribution is -2.38. The summed E-state index contributed by atoms with van der Waals surface area (Å²) < 4.78 is 16.4. The zero-order valence-corrected chi connectivity index (χ0v) is 19.6. The third-order valence-corrected chi connectivity index (χ3v) is 6.10. The van der Waals surface area contributed by atoms with Gasteiger partial charge < -0.3 is 19.2 Å². The van der Waals surface area contributed by atoms with Gasteiger partial charge in [-0.25, -0.2) is 0 Å². The molecular formula is C25H25N3O7. The molecule has 2 heterocycles. The zero-order chi connectivity index (χ0) is 25.1. The Labute approximate surface area is 201 Å². The topological polar surface area (TPSA) is 124 Å². The summed E-state index contributed by atoms with van der Waals surface area (Å²) in [6.07, 6.45) is 5.40. The van der Waals surface area contributed by atoms with Crippen molar-refractivity contribution in [1.29, 1.82) is 0 Å². The minimum absolute atomic E-state index is 0.0478. The first-order chi connectivity index (χ1) is 16.9. The second-order valence-electron chi connectivity index (χ2n) is 8.02. The van der Waals surface area contributed by atoms with Gasteiger partial charge in [0.25, 0.3) is 11.6 Å². The number of fused-ring (bicyclic) bond motifs is 1. The van der Waals surface area contributed by atoms with Crippen LogP contribution >= 0.6 is 0 Å². The first-order valence-electron chi connectivity index (χ1n) is 10.9. The average molecular weight is 479 g/mol. The van der Waals surface area contributed by atoms with Crippen LogP contribution in [-0.4, -0.2) is 54.5 Å². The van der Waals surface area contributed by atoms with E-state index >= 15 is 0 Å². The van der Waals surface area contributed by atoms with Crippen molar-refractivity contribution in [3.05, 3.63) is 69.9 Å². The molecule has 0 spiro atoms. The van der Waals surface area contributed by atoms with Crippen molar-refractivity contribution in [2.24, 2.45) is 0 Å². The van der Waals surface area contributed by atoms with Gasteiger partial charge in [0.15, 0.2) is 11.5 Å². The van der Waals surface area contributed by atoms with Gasteiger partial charge in [-0.05, 0) is 41.8 Å². The molecule has 1 N–H and O–H groups in total. The number of H-pyrrole nitrogens is 1. The van der Waals surface area contributed by atoms with Crippen LogP contribution in [0.3, 0.4) is 0 Å². The second kappa shape index (κ2) is 9.88. The molecule has 1 atom stereocenters. The number of nitrogens with one attached hydrogen (secondary N) is 1. The lowest BCUT2D eigenvalue weighted by atomic mass is 9.87. The number of nitrogens with zero attached hydrogens (tertiary/aromatic N) is 2. The predicted molar refractivity (Wildman–Crippen MR) is 128 cm³/mol. The van der Waals surface area contributed by atoms with Crippen LogP contribution in [0.4, 0.5) is 5.69 Å². The predicted octanol–water partition coefficient (Wildman–Crippen LogP) is 3.94. The summed E-state index contributed by atoms with van der Waals surface area (Å²) in [5, 5.41) is 12.0. The summed E-state index contributed by atoms with van der Waals surface area (Å²) in [5.74, 6) is -0.0676. The molecular weight excluding hydrogens is 454 g/mol. The van der Waals surface area contributed by atoms with Crippen molar-refractivity contribution in [2.75, 3.05) is 27.9 Å². The number of hydrogen-bond donors (Lipinski definition) is 1. The lowest BCUT2D eigenvalue weighted by molar-refractivity contribution is -0.384. The maximum Gasteiger partial charge on any atom is 0.270 e. The number of aromatic nitrogens is 1. The normalized spacial score (nSPS) is 14.1. The number of imide groups is 1. The molecule has 1 aliphatic rings. The molecule has 1 aliphatic heterocycles. The van der Waals surface area contributed by atoms with Gasteiger partial charge in [-0.3, -0.25) is 24.6 Å².